The summed E-state index contributed by atoms with van der Waals surface area (Å²) in [5.41, 5.74) is 3.22. The van der Waals surface area contributed by atoms with E-state index in [1.807, 2.05) is 67.6 Å². The summed E-state index contributed by atoms with van der Waals surface area (Å²) in [6, 6.07) is 31.4. The van der Waals surface area contributed by atoms with Crippen molar-refractivity contribution >= 4 is 20.8 Å². The molecule has 0 fully saturated rings. The van der Waals surface area contributed by atoms with Crippen LogP contribution in [-0.4, -0.2) is 15.0 Å². The Labute approximate surface area is 172 Å². The Morgan fingerprint density at radius 2 is 1.41 bits per heavy atom. The SMILES string of the molecule is Cc1ccc(S(=O)(=O)NCC(c2ccccc2)c2cccc3ccccc23)cc1. The number of aryl methyl sites for hydroxylation is 1. The molecule has 29 heavy (non-hydrogen) atoms. The van der Waals surface area contributed by atoms with Crippen molar-refractivity contribution in [2.45, 2.75) is 17.7 Å². The second-order valence-corrected chi connectivity index (χ2v) is 8.96. The van der Waals surface area contributed by atoms with Crippen LogP contribution in [0.15, 0.2) is 102 Å². The lowest BCUT2D eigenvalue weighted by atomic mass is 9.88. The number of benzene rings is 4. The molecule has 4 heteroatoms. The molecule has 4 aromatic carbocycles. The Balaban J connectivity index is 1.71. The summed E-state index contributed by atoms with van der Waals surface area (Å²) in [5.74, 6) is -0.0949. The van der Waals surface area contributed by atoms with Gasteiger partial charge < -0.3 is 0 Å². The van der Waals surface area contributed by atoms with Crippen LogP contribution in [0.3, 0.4) is 0 Å². The monoisotopic (exact) mass is 401 g/mol. The summed E-state index contributed by atoms with van der Waals surface area (Å²) >= 11 is 0. The Morgan fingerprint density at radius 1 is 0.759 bits per heavy atom. The van der Waals surface area contributed by atoms with Crippen LogP contribution in [0, 0.1) is 6.92 Å². The van der Waals surface area contributed by atoms with Crippen LogP contribution < -0.4 is 4.72 Å². The van der Waals surface area contributed by atoms with Crippen molar-refractivity contribution in [3.8, 4) is 0 Å². The first kappa shape index (κ1) is 19.4. The molecule has 1 N–H and O–H groups in total. The molecule has 0 aliphatic rings. The molecule has 4 aromatic rings. The van der Waals surface area contributed by atoms with Crippen molar-refractivity contribution in [2.24, 2.45) is 0 Å². The molecule has 0 aliphatic heterocycles. The van der Waals surface area contributed by atoms with Crippen molar-refractivity contribution in [3.05, 3.63) is 114 Å². The smallest absolute Gasteiger partial charge is 0.210 e. The molecule has 0 aliphatic carbocycles. The van der Waals surface area contributed by atoms with E-state index in [0.29, 0.717) is 0 Å². The number of hydrogen-bond acceptors (Lipinski definition) is 2. The van der Waals surface area contributed by atoms with Crippen LogP contribution in [0.2, 0.25) is 0 Å². The minimum Gasteiger partial charge on any atom is -0.210 e. The molecule has 1 atom stereocenters. The van der Waals surface area contributed by atoms with E-state index >= 15 is 0 Å². The van der Waals surface area contributed by atoms with Gasteiger partial charge in [-0.1, -0.05) is 90.5 Å². The predicted octanol–water partition coefficient (Wildman–Crippen LogP) is 5.26. The van der Waals surface area contributed by atoms with Gasteiger partial charge in [0.05, 0.1) is 4.90 Å². The molecule has 0 spiro atoms. The van der Waals surface area contributed by atoms with Crippen molar-refractivity contribution < 1.29 is 8.42 Å². The maximum atomic E-state index is 12.9. The molecule has 3 nitrogen and oxygen atoms in total. The fraction of sp³-hybridized carbons (Fsp3) is 0.120. The Bertz CT molecular complexity index is 1210. The van der Waals surface area contributed by atoms with Gasteiger partial charge in [-0.2, -0.15) is 0 Å². The number of hydrogen-bond donors (Lipinski definition) is 1. The molecule has 0 saturated heterocycles. The lowest BCUT2D eigenvalue weighted by molar-refractivity contribution is 0.577. The van der Waals surface area contributed by atoms with Gasteiger partial charge in [0.25, 0.3) is 0 Å². The maximum Gasteiger partial charge on any atom is 0.240 e. The molecule has 1 unspecified atom stereocenters. The molecule has 0 amide bonds. The molecule has 0 radical (unpaired) electrons. The highest BCUT2D eigenvalue weighted by Crippen LogP contribution is 2.30. The third kappa shape index (κ3) is 4.24. The van der Waals surface area contributed by atoms with Crippen LogP contribution in [-0.2, 0) is 10.0 Å². The zero-order chi connectivity index (χ0) is 20.3. The van der Waals surface area contributed by atoms with Gasteiger partial charge in [0.15, 0.2) is 0 Å². The molecule has 0 heterocycles. The average molecular weight is 402 g/mol. The first-order valence-corrected chi connectivity index (χ1v) is 11.1. The summed E-state index contributed by atoms with van der Waals surface area (Å²) < 4.78 is 28.6. The van der Waals surface area contributed by atoms with Crippen molar-refractivity contribution in [2.75, 3.05) is 6.54 Å². The predicted molar refractivity (Wildman–Crippen MR) is 119 cm³/mol. The standard InChI is InChI=1S/C25H23NO2S/c1-19-14-16-22(17-15-19)29(27,28)26-18-25(21-8-3-2-4-9-21)24-13-7-11-20-10-5-6-12-23(20)24/h2-17,25-26H,18H2,1H3. The summed E-state index contributed by atoms with van der Waals surface area (Å²) in [4.78, 5) is 0.285. The fourth-order valence-corrected chi connectivity index (χ4v) is 4.69. The van der Waals surface area contributed by atoms with Crippen LogP contribution >= 0.6 is 0 Å². The van der Waals surface area contributed by atoms with Crippen LogP contribution in [0.5, 0.6) is 0 Å². The molecule has 146 valence electrons. The first-order valence-electron chi connectivity index (χ1n) is 9.63. The average Bonchev–Trinajstić information content (AvgIpc) is 2.75. The van der Waals surface area contributed by atoms with E-state index in [1.54, 1.807) is 12.1 Å². The van der Waals surface area contributed by atoms with Gasteiger partial charge in [0, 0.05) is 12.5 Å². The highest BCUT2D eigenvalue weighted by molar-refractivity contribution is 7.89. The van der Waals surface area contributed by atoms with E-state index in [9.17, 15) is 8.42 Å². The zero-order valence-corrected chi connectivity index (χ0v) is 17.1. The topological polar surface area (TPSA) is 46.2 Å². The third-order valence-electron chi connectivity index (χ3n) is 5.21. The summed E-state index contributed by atoms with van der Waals surface area (Å²) in [7, 11) is -3.59. The largest absolute Gasteiger partial charge is 0.240 e. The van der Waals surface area contributed by atoms with Gasteiger partial charge >= 0.3 is 0 Å². The van der Waals surface area contributed by atoms with Crippen LogP contribution in [0.25, 0.3) is 10.8 Å². The van der Waals surface area contributed by atoms with Gasteiger partial charge in [0.1, 0.15) is 0 Å². The lowest BCUT2D eigenvalue weighted by Gasteiger charge is -2.21. The van der Waals surface area contributed by atoms with Gasteiger partial charge in [-0.15, -0.1) is 0 Å². The van der Waals surface area contributed by atoms with E-state index < -0.39 is 10.0 Å². The Morgan fingerprint density at radius 3 is 2.17 bits per heavy atom. The summed E-state index contributed by atoms with van der Waals surface area (Å²) in [5, 5.41) is 2.28. The maximum absolute atomic E-state index is 12.9. The second kappa shape index (κ2) is 8.19. The number of fused-ring (bicyclic) bond motifs is 1. The Kier molecular flexibility index (Phi) is 5.47. The van der Waals surface area contributed by atoms with Crippen molar-refractivity contribution in [3.63, 3.8) is 0 Å². The molecule has 0 bridgehead atoms. The second-order valence-electron chi connectivity index (χ2n) is 7.20. The number of rotatable bonds is 6. The molecular formula is C25H23NO2S. The van der Waals surface area contributed by atoms with Crippen molar-refractivity contribution in [1.29, 1.82) is 0 Å². The highest BCUT2D eigenvalue weighted by atomic mass is 32.2. The van der Waals surface area contributed by atoms with E-state index in [0.717, 1.165) is 27.5 Å². The molecule has 4 rings (SSSR count). The van der Waals surface area contributed by atoms with E-state index in [4.69, 9.17) is 0 Å². The quantitative estimate of drug-likeness (QED) is 0.479. The zero-order valence-electron chi connectivity index (χ0n) is 16.2. The highest BCUT2D eigenvalue weighted by Gasteiger charge is 2.21. The minimum atomic E-state index is -3.59. The van der Waals surface area contributed by atoms with E-state index in [1.165, 1.54) is 0 Å². The van der Waals surface area contributed by atoms with Crippen LogP contribution in [0.1, 0.15) is 22.6 Å². The normalized spacial score (nSPS) is 12.7. The molecular weight excluding hydrogens is 378 g/mol. The molecule has 0 aromatic heterocycles. The lowest BCUT2D eigenvalue weighted by Crippen LogP contribution is -2.29. The third-order valence-corrected chi connectivity index (χ3v) is 6.65. The Hall–Kier alpha value is -2.95. The van der Waals surface area contributed by atoms with Gasteiger partial charge in [-0.05, 0) is 41.0 Å². The number of sulfonamides is 1. The van der Waals surface area contributed by atoms with E-state index in [-0.39, 0.29) is 17.4 Å². The van der Waals surface area contributed by atoms with Gasteiger partial charge in [-0.25, -0.2) is 13.1 Å². The first-order chi connectivity index (χ1) is 14.0. The molecule has 0 saturated carbocycles. The van der Waals surface area contributed by atoms with Gasteiger partial charge in [-0.3, -0.25) is 0 Å². The van der Waals surface area contributed by atoms with E-state index in [2.05, 4.69) is 29.0 Å². The van der Waals surface area contributed by atoms with Gasteiger partial charge in [0.2, 0.25) is 10.0 Å². The minimum absolute atomic E-state index is 0.0949. The van der Waals surface area contributed by atoms with Crippen molar-refractivity contribution in [1.82, 2.24) is 4.72 Å². The number of nitrogens with one attached hydrogen (secondary N) is 1. The fourth-order valence-electron chi connectivity index (χ4n) is 3.64. The summed E-state index contributed by atoms with van der Waals surface area (Å²) in [6.45, 7) is 2.23. The van der Waals surface area contributed by atoms with Crippen LogP contribution in [0.4, 0.5) is 0 Å². The summed E-state index contributed by atoms with van der Waals surface area (Å²) in [6.07, 6.45) is 0.